The van der Waals surface area contributed by atoms with Gasteiger partial charge in [-0.05, 0) is 40.2 Å². The number of hydrogen-bond acceptors (Lipinski definition) is 4. The first-order valence-corrected chi connectivity index (χ1v) is 7.96. The lowest BCUT2D eigenvalue weighted by molar-refractivity contribution is -0.125. The Labute approximate surface area is 148 Å². The Morgan fingerprint density at radius 1 is 1.00 bits per heavy atom. The average molecular weight is 393 g/mol. The van der Waals surface area contributed by atoms with Crippen molar-refractivity contribution in [3.8, 4) is 11.5 Å². The number of benzene rings is 2. The zero-order valence-corrected chi connectivity index (χ0v) is 14.6. The first-order chi connectivity index (χ1) is 11.6. The van der Waals surface area contributed by atoms with Gasteiger partial charge >= 0.3 is 0 Å². The third-order valence-corrected chi connectivity index (χ3v) is 3.71. The molecular weight excluding hydrogens is 376 g/mol. The molecule has 0 radical (unpaired) electrons. The highest BCUT2D eigenvalue weighted by Crippen LogP contribution is 2.25. The molecule has 6 nitrogen and oxygen atoms in total. The molecule has 2 N–H and O–H groups in total. The topological polar surface area (TPSA) is 76.7 Å². The molecule has 0 saturated carbocycles. The summed E-state index contributed by atoms with van der Waals surface area (Å²) in [6.07, 6.45) is 0. The normalized spacial score (nSPS) is 9.92. The molecule has 2 aromatic carbocycles. The van der Waals surface area contributed by atoms with E-state index in [1.54, 1.807) is 36.4 Å². The average Bonchev–Trinajstić information content (AvgIpc) is 2.60. The van der Waals surface area contributed by atoms with Gasteiger partial charge in [0.2, 0.25) is 5.91 Å². The van der Waals surface area contributed by atoms with E-state index in [0.29, 0.717) is 17.2 Å². The smallest absolute Gasteiger partial charge is 0.258 e. The third kappa shape index (κ3) is 5.27. The predicted molar refractivity (Wildman–Crippen MR) is 94.3 cm³/mol. The number of halogens is 1. The number of methoxy groups -OCH3 is 1. The van der Waals surface area contributed by atoms with Crippen LogP contribution in [0.15, 0.2) is 53.0 Å². The summed E-state index contributed by atoms with van der Waals surface area (Å²) in [7, 11) is 1.52. The molecule has 24 heavy (non-hydrogen) atoms. The maximum Gasteiger partial charge on any atom is 0.258 e. The molecule has 2 aromatic rings. The summed E-state index contributed by atoms with van der Waals surface area (Å²) in [5.41, 5.74) is 0.641. The molecule has 0 aliphatic rings. The standard InChI is InChI=1S/C17H17BrN2O4/c1-23-14-8-4-5-9-15(14)24-11-17(22)19-10-16(21)20-13-7-3-2-6-12(13)18/h2-9H,10-11H2,1H3,(H,19,22)(H,20,21). The Balaban J connectivity index is 1.77. The van der Waals surface area contributed by atoms with Crippen LogP contribution in [0, 0.1) is 0 Å². The lowest BCUT2D eigenvalue weighted by atomic mass is 10.3. The molecule has 0 aliphatic heterocycles. The number of amides is 2. The van der Waals surface area contributed by atoms with Gasteiger partial charge in [-0.3, -0.25) is 9.59 Å². The van der Waals surface area contributed by atoms with Gasteiger partial charge in [-0.2, -0.15) is 0 Å². The van der Waals surface area contributed by atoms with Crippen molar-refractivity contribution in [2.24, 2.45) is 0 Å². The van der Waals surface area contributed by atoms with Crippen LogP contribution in [0.3, 0.4) is 0 Å². The lowest BCUT2D eigenvalue weighted by Crippen LogP contribution is -2.35. The Morgan fingerprint density at radius 2 is 1.67 bits per heavy atom. The molecule has 126 valence electrons. The molecule has 0 spiro atoms. The Bertz CT molecular complexity index is 721. The fraction of sp³-hybridized carbons (Fsp3) is 0.176. The van der Waals surface area contributed by atoms with Crippen molar-refractivity contribution in [3.63, 3.8) is 0 Å². The van der Waals surface area contributed by atoms with Crippen LogP contribution in [0.4, 0.5) is 5.69 Å². The predicted octanol–water partition coefficient (Wildman–Crippen LogP) is 2.59. The minimum absolute atomic E-state index is 0.143. The van der Waals surface area contributed by atoms with Crippen molar-refractivity contribution < 1.29 is 19.1 Å². The first kappa shape index (κ1) is 17.8. The summed E-state index contributed by atoms with van der Waals surface area (Å²) in [6.45, 7) is -0.349. The molecule has 0 saturated heterocycles. The maximum absolute atomic E-state index is 11.8. The van der Waals surface area contributed by atoms with Crippen molar-refractivity contribution in [3.05, 3.63) is 53.0 Å². The molecule has 0 fully saturated rings. The largest absolute Gasteiger partial charge is 0.493 e. The number of carbonyl (C=O) groups excluding carboxylic acids is 2. The van der Waals surface area contributed by atoms with Gasteiger partial charge in [-0.25, -0.2) is 0 Å². The number of rotatable bonds is 7. The van der Waals surface area contributed by atoms with Crippen LogP contribution < -0.4 is 20.1 Å². The zero-order valence-electron chi connectivity index (χ0n) is 13.0. The van der Waals surface area contributed by atoms with Crippen LogP contribution in [0.1, 0.15) is 0 Å². The van der Waals surface area contributed by atoms with E-state index < -0.39 is 5.91 Å². The second kappa shape index (κ2) is 8.93. The van der Waals surface area contributed by atoms with Gasteiger partial charge in [0.15, 0.2) is 18.1 Å². The van der Waals surface area contributed by atoms with Gasteiger partial charge in [-0.1, -0.05) is 24.3 Å². The van der Waals surface area contributed by atoms with Crippen molar-refractivity contribution in [1.29, 1.82) is 0 Å². The summed E-state index contributed by atoms with van der Waals surface area (Å²) in [5, 5.41) is 5.19. The Morgan fingerprint density at radius 3 is 2.38 bits per heavy atom. The summed E-state index contributed by atoms with van der Waals surface area (Å²) >= 11 is 3.34. The molecule has 0 unspecified atom stereocenters. The molecule has 0 bridgehead atoms. The number of nitrogens with one attached hydrogen (secondary N) is 2. The van der Waals surface area contributed by atoms with Crippen molar-refractivity contribution in [2.45, 2.75) is 0 Å². The highest BCUT2D eigenvalue weighted by atomic mass is 79.9. The molecule has 7 heteroatoms. The van der Waals surface area contributed by atoms with Crippen LogP contribution in [0.5, 0.6) is 11.5 Å². The third-order valence-electron chi connectivity index (χ3n) is 3.02. The minimum Gasteiger partial charge on any atom is -0.493 e. The fourth-order valence-corrected chi connectivity index (χ4v) is 2.25. The second-order valence-corrected chi connectivity index (χ2v) is 5.60. The van der Waals surface area contributed by atoms with E-state index in [4.69, 9.17) is 9.47 Å². The second-order valence-electron chi connectivity index (χ2n) is 4.74. The van der Waals surface area contributed by atoms with Crippen LogP contribution in [0.2, 0.25) is 0 Å². The van der Waals surface area contributed by atoms with E-state index >= 15 is 0 Å². The van der Waals surface area contributed by atoms with Crippen LogP contribution >= 0.6 is 15.9 Å². The maximum atomic E-state index is 11.8. The van der Waals surface area contributed by atoms with E-state index in [-0.39, 0.29) is 19.1 Å². The molecule has 0 atom stereocenters. The number of hydrogen-bond donors (Lipinski definition) is 2. The zero-order chi connectivity index (χ0) is 17.4. The van der Waals surface area contributed by atoms with Crippen LogP contribution in [-0.4, -0.2) is 32.1 Å². The summed E-state index contributed by atoms with van der Waals surface area (Å²) in [5.74, 6) is 0.278. The van der Waals surface area contributed by atoms with Crippen molar-refractivity contribution in [1.82, 2.24) is 5.32 Å². The van der Waals surface area contributed by atoms with Gasteiger partial charge in [0.1, 0.15) is 0 Å². The summed E-state index contributed by atoms with van der Waals surface area (Å²) < 4.78 is 11.3. The monoisotopic (exact) mass is 392 g/mol. The lowest BCUT2D eigenvalue weighted by Gasteiger charge is -2.11. The molecule has 2 rings (SSSR count). The fourth-order valence-electron chi connectivity index (χ4n) is 1.87. The molecule has 0 aromatic heterocycles. The van der Waals surface area contributed by atoms with Gasteiger partial charge < -0.3 is 20.1 Å². The van der Waals surface area contributed by atoms with E-state index in [2.05, 4.69) is 26.6 Å². The van der Waals surface area contributed by atoms with Gasteiger partial charge in [0.25, 0.3) is 5.91 Å². The number of anilines is 1. The first-order valence-electron chi connectivity index (χ1n) is 7.17. The minimum atomic E-state index is -0.400. The van der Waals surface area contributed by atoms with E-state index in [1.165, 1.54) is 7.11 Å². The summed E-state index contributed by atoms with van der Waals surface area (Å²) in [4.78, 5) is 23.6. The molecule has 0 heterocycles. The molecular formula is C17H17BrN2O4. The van der Waals surface area contributed by atoms with E-state index in [1.807, 2.05) is 12.1 Å². The number of para-hydroxylation sites is 3. The van der Waals surface area contributed by atoms with E-state index in [0.717, 1.165) is 4.47 Å². The number of carbonyl (C=O) groups is 2. The quantitative estimate of drug-likeness (QED) is 0.758. The van der Waals surface area contributed by atoms with Crippen LogP contribution in [-0.2, 0) is 9.59 Å². The van der Waals surface area contributed by atoms with Crippen molar-refractivity contribution >= 4 is 33.4 Å². The number of ether oxygens (including phenoxy) is 2. The van der Waals surface area contributed by atoms with Gasteiger partial charge in [0, 0.05) is 4.47 Å². The van der Waals surface area contributed by atoms with Crippen LogP contribution in [0.25, 0.3) is 0 Å². The van der Waals surface area contributed by atoms with Gasteiger partial charge in [0.05, 0.1) is 19.3 Å². The van der Waals surface area contributed by atoms with E-state index in [9.17, 15) is 9.59 Å². The highest BCUT2D eigenvalue weighted by Gasteiger charge is 2.09. The van der Waals surface area contributed by atoms with Gasteiger partial charge in [-0.15, -0.1) is 0 Å². The molecule has 2 amide bonds. The Hall–Kier alpha value is -2.54. The SMILES string of the molecule is COc1ccccc1OCC(=O)NCC(=O)Nc1ccccc1Br. The Kier molecular flexibility index (Phi) is 6.62. The summed E-state index contributed by atoms with van der Waals surface area (Å²) in [6, 6.07) is 14.2. The molecule has 0 aliphatic carbocycles. The van der Waals surface area contributed by atoms with Crippen molar-refractivity contribution in [2.75, 3.05) is 25.6 Å². The highest BCUT2D eigenvalue weighted by molar-refractivity contribution is 9.10.